The number of nitrogens with zero attached hydrogens (tertiary/aromatic N) is 1. The van der Waals surface area contributed by atoms with E-state index in [2.05, 4.69) is 29.3 Å². The summed E-state index contributed by atoms with van der Waals surface area (Å²) in [5.74, 6) is 1.05. The van der Waals surface area contributed by atoms with E-state index in [9.17, 15) is 4.39 Å². The molecule has 0 N–H and O–H groups in total. The standard InChI is InChI=1S/C22H18FNOS/c23-19-13-11-17(12-14-19)21-24-15-22(25-21,18-7-3-1-4-8-18)16-26-20-9-5-2-6-10-20/h1-14H,15-16H2. The quantitative estimate of drug-likeness (QED) is 0.575. The molecular weight excluding hydrogens is 345 g/mol. The van der Waals surface area contributed by atoms with Crippen LogP contribution in [0.2, 0.25) is 0 Å². The van der Waals surface area contributed by atoms with E-state index in [1.54, 1.807) is 23.9 Å². The number of aliphatic imine (C=N–C) groups is 1. The molecule has 1 aliphatic heterocycles. The Morgan fingerprint density at radius 2 is 1.54 bits per heavy atom. The average molecular weight is 363 g/mol. The van der Waals surface area contributed by atoms with Gasteiger partial charge in [0.1, 0.15) is 5.82 Å². The Morgan fingerprint density at radius 3 is 2.23 bits per heavy atom. The summed E-state index contributed by atoms with van der Waals surface area (Å²) in [4.78, 5) is 5.83. The van der Waals surface area contributed by atoms with Crippen LogP contribution in [0.4, 0.5) is 4.39 Å². The Hall–Kier alpha value is -2.59. The van der Waals surface area contributed by atoms with Crippen molar-refractivity contribution in [2.45, 2.75) is 10.5 Å². The van der Waals surface area contributed by atoms with Crippen LogP contribution in [0.15, 0.2) is 94.8 Å². The minimum Gasteiger partial charge on any atom is -0.463 e. The second-order valence-electron chi connectivity index (χ2n) is 6.19. The van der Waals surface area contributed by atoms with Crippen LogP contribution >= 0.6 is 11.8 Å². The lowest BCUT2D eigenvalue weighted by Crippen LogP contribution is -2.33. The summed E-state index contributed by atoms with van der Waals surface area (Å²) >= 11 is 1.75. The predicted octanol–water partition coefficient (Wildman–Crippen LogP) is 5.29. The van der Waals surface area contributed by atoms with Gasteiger partial charge < -0.3 is 4.74 Å². The second-order valence-corrected chi connectivity index (χ2v) is 7.24. The summed E-state index contributed by atoms with van der Waals surface area (Å²) in [5, 5.41) is 0. The molecule has 0 aromatic heterocycles. The minimum atomic E-state index is -0.522. The number of rotatable bonds is 5. The first-order valence-electron chi connectivity index (χ1n) is 8.48. The maximum Gasteiger partial charge on any atom is 0.217 e. The lowest BCUT2D eigenvalue weighted by atomic mass is 9.96. The lowest BCUT2D eigenvalue weighted by Gasteiger charge is -2.29. The van der Waals surface area contributed by atoms with Crippen molar-refractivity contribution in [3.8, 4) is 0 Å². The normalized spacial score (nSPS) is 19.0. The van der Waals surface area contributed by atoms with Crippen molar-refractivity contribution in [3.63, 3.8) is 0 Å². The maximum absolute atomic E-state index is 13.2. The van der Waals surface area contributed by atoms with Gasteiger partial charge in [0.2, 0.25) is 5.90 Å². The van der Waals surface area contributed by atoms with Crippen molar-refractivity contribution >= 4 is 17.7 Å². The molecule has 1 heterocycles. The molecule has 0 amide bonds. The fourth-order valence-electron chi connectivity index (χ4n) is 2.96. The summed E-state index contributed by atoms with van der Waals surface area (Å²) in [7, 11) is 0. The zero-order valence-electron chi connectivity index (χ0n) is 14.1. The van der Waals surface area contributed by atoms with Gasteiger partial charge in [0.05, 0.1) is 6.54 Å². The molecule has 0 bridgehead atoms. The molecule has 3 aromatic rings. The van der Waals surface area contributed by atoms with Gasteiger partial charge in [-0.05, 0) is 42.0 Å². The molecule has 0 saturated carbocycles. The number of ether oxygens (including phenoxy) is 1. The molecule has 1 aliphatic rings. The molecule has 0 radical (unpaired) electrons. The number of hydrogen-bond acceptors (Lipinski definition) is 3. The van der Waals surface area contributed by atoms with Gasteiger partial charge in [-0.25, -0.2) is 9.38 Å². The Bertz CT molecular complexity index is 896. The van der Waals surface area contributed by atoms with Crippen LogP contribution in [0.1, 0.15) is 11.1 Å². The predicted molar refractivity (Wildman–Crippen MR) is 104 cm³/mol. The van der Waals surface area contributed by atoms with Gasteiger partial charge in [-0.3, -0.25) is 0 Å². The van der Waals surface area contributed by atoms with E-state index in [0.29, 0.717) is 12.4 Å². The third-order valence-corrected chi connectivity index (χ3v) is 5.59. The molecule has 4 heteroatoms. The fourth-order valence-corrected chi connectivity index (χ4v) is 4.03. The molecule has 0 spiro atoms. The highest BCUT2D eigenvalue weighted by atomic mass is 32.2. The SMILES string of the molecule is Fc1ccc(C2=NCC(CSc3ccccc3)(c3ccccc3)O2)cc1. The largest absolute Gasteiger partial charge is 0.463 e. The van der Waals surface area contributed by atoms with Crippen LogP contribution in [0.5, 0.6) is 0 Å². The summed E-state index contributed by atoms with van der Waals surface area (Å²) < 4.78 is 19.6. The van der Waals surface area contributed by atoms with Gasteiger partial charge in [-0.1, -0.05) is 48.5 Å². The van der Waals surface area contributed by atoms with E-state index in [-0.39, 0.29) is 5.82 Å². The Kier molecular flexibility index (Phi) is 4.76. The number of thioether (sulfide) groups is 1. The van der Waals surface area contributed by atoms with Gasteiger partial charge in [0.15, 0.2) is 5.60 Å². The molecule has 1 atom stereocenters. The zero-order chi connectivity index (χ0) is 17.8. The summed E-state index contributed by atoms with van der Waals surface area (Å²) in [6, 6.07) is 26.7. The van der Waals surface area contributed by atoms with Crippen LogP contribution in [-0.2, 0) is 10.3 Å². The third-order valence-electron chi connectivity index (χ3n) is 4.38. The highest BCUT2D eigenvalue weighted by Crippen LogP contribution is 2.37. The lowest BCUT2D eigenvalue weighted by molar-refractivity contribution is 0.114. The number of hydrogen-bond donors (Lipinski definition) is 0. The zero-order valence-corrected chi connectivity index (χ0v) is 15.0. The minimum absolute atomic E-state index is 0.263. The van der Waals surface area contributed by atoms with Crippen molar-refractivity contribution in [2.24, 2.45) is 4.99 Å². The smallest absolute Gasteiger partial charge is 0.217 e. The van der Waals surface area contributed by atoms with Crippen LogP contribution in [0.25, 0.3) is 0 Å². The summed E-state index contributed by atoms with van der Waals surface area (Å²) in [5.41, 5.74) is 1.38. The van der Waals surface area contributed by atoms with Gasteiger partial charge in [0.25, 0.3) is 0 Å². The molecule has 0 saturated heterocycles. The van der Waals surface area contributed by atoms with E-state index >= 15 is 0 Å². The van der Waals surface area contributed by atoms with Crippen LogP contribution in [0, 0.1) is 5.82 Å². The molecule has 0 fully saturated rings. The third kappa shape index (κ3) is 3.51. The van der Waals surface area contributed by atoms with E-state index in [1.165, 1.54) is 17.0 Å². The molecule has 2 nitrogen and oxygen atoms in total. The molecular formula is C22H18FNOS. The van der Waals surface area contributed by atoms with Gasteiger partial charge in [-0.15, -0.1) is 11.8 Å². The summed E-state index contributed by atoms with van der Waals surface area (Å²) in [6.07, 6.45) is 0. The van der Waals surface area contributed by atoms with E-state index in [1.807, 2.05) is 36.4 Å². The highest BCUT2D eigenvalue weighted by Gasteiger charge is 2.40. The topological polar surface area (TPSA) is 21.6 Å². The fraction of sp³-hybridized carbons (Fsp3) is 0.136. The van der Waals surface area contributed by atoms with Gasteiger partial charge in [-0.2, -0.15) is 0 Å². The first-order chi connectivity index (χ1) is 12.8. The first kappa shape index (κ1) is 16.9. The number of benzene rings is 3. The maximum atomic E-state index is 13.2. The monoisotopic (exact) mass is 363 g/mol. The van der Waals surface area contributed by atoms with Crippen molar-refractivity contribution < 1.29 is 9.13 Å². The van der Waals surface area contributed by atoms with Gasteiger partial charge in [0, 0.05) is 16.2 Å². The van der Waals surface area contributed by atoms with Crippen LogP contribution in [0.3, 0.4) is 0 Å². The molecule has 130 valence electrons. The van der Waals surface area contributed by atoms with Crippen LogP contribution < -0.4 is 0 Å². The molecule has 3 aromatic carbocycles. The van der Waals surface area contributed by atoms with Crippen molar-refractivity contribution in [2.75, 3.05) is 12.3 Å². The van der Waals surface area contributed by atoms with Crippen molar-refractivity contribution in [3.05, 3.63) is 102 Å². The molecule has 1 unspecified atom stereocenters. The Labute approximate surface area is 156 Å². The van der Waals surface area contributed by atoms with Crippen molar-refractivity contribution in [1.29, 1.82) is 0 Å². The van der Waals surface area contributed by atoms with E-state index in [0.717, 1.165) is 16.9 Å². The number of halogens is 1. The van der Waals surface area contributed by atoms with E-state index < -0.39 is 5.60 Å². The van der Waals surface area contributed by atoms with Crippen LogP contribution in [-0.4, -0.2) is 18.2 Å². The molecule has 0 aliphatic carbocycles. The molecule has 4 rings (SSSR count). The second kappa shape index (κ2) is 7.34. The Balaban J connectivity index is 1.60. The van der Waals surface area contributed by atoms with Gasteiger partial charge >= 0.3 is 0 Å². The highest BCUT2D eigenvalue weighted by molar-refractivity contribution is 7.99. The molecule has 26 heavy (non-hydrogen) atoms. The van der Waals surface area contributed by atoms with Crippen molar-refractivity contribution in [1.82, 2.24) is 0 Å². The first-order valence-corrected chi connectivity index (χ1v) is 9.47. The van der Waals surface area contributed by atoms with E-state index in [4.69, 9.17) is 4.74 Å². The average Bonchev–Trinajstić information content (AvgIpc) is 3.14. The Morgan fingerprint density at radius 1 is 0.885 bits per heavy atom. The summed E-state index contributed by atoms with van der Waals surface area (Å²) in [6.45, 7) is 0.545.